The molecule has 2 atom stereocenters. The van der Waals surface area contributed by atoms with Crippen molar-refractivity contribution in [3.8, 4) is 0 Å². The standard InChI is InChI=1S/C18H24N2O3S2/c1-4-5-17(21)19-18-20(14-8-6-13(7-9-14)12(2)3)15-10-25(22,23)11-16(15)24-18/h6-9,12,15-16H,4-5,10-11H2,1-3H3/t15-,16-/m0/s1. The number of amidine groups is 1. The van der Waals surface area contributed by atoms with Gasteiger partial charge in [0.1, 0.15) is 0 Å². The van der Waals surface area contributed by atoms with E-state index in [-0.39, 0.29) is 28.7 Å². The lowest BCUT2D eigenvalue weighted by atomic mass is 10.0. The third-order valence-electron chi connectivity index (χ3n) is 4.59. The molecule has 0 bridgehead atoms. The molecule has 0 spiro atoms. The normalized spacial score (nSPS) is 26.4. The van der Waals surface area contributed by atoms with Gasteiger partial charge in [-0.05, 0) is 30.0 Å². The minimum absolute atomic E-state index is 0.0528. The summed E-state index contributed by atoms with van der Waals surface area (Å²) in [6.45, 7) is 6.22. The molecule has 5 nitrogen and oxygen atoms in total. The van der Waals surface area contributed by atoms with Gasteiger partial charge in [-0.1, -0.05) is 44.7 Å². The van der Waals surface area contributed by atoms with E-state index in [1.54, 1.807) is 0 Å². The van der Waals surface area contributed by atoms with E-state index in [0.717, 1.165) is 12.1 Å². The van der Waals surface area contributed by atoms with Gasteiger partial charge in [-0.15, -0.1) is 0 Å². The van der Waals surface area contributed by atoms with Crippen LogP contribution in [0.2, 0.25) is 0 Å². The fourth-order valence-corrected chi connectivity index (χ4v) is 7.19. The fourth-order valence-electron chi connectivity index (χ4n) is 3.26. The maximum atomic E-state index is 12.0. The summed E-state index contributed by atoms with van der Waals surface area (Å²) in [5, 5.41) is 0.587. The molecule has 2 aliphatic rings. The predicted octanol–water partition coefficient (Wildman–Crippen LogP) is 3.21. The Bertz CT molecular complexity index is 785. The Morgan fingerprint density at radius 2 is 1.96 bits per heavy atom. The summed E-state index contributed by atoms with van der Waals surface area (Å²) in [4.78, 5) is 18.3. The first-order chi connectivity index (χ1) is 11.8. The lowest BCUT2D eigenvalue weighted by Gasteiger charge is -2.25. The van der Waals surface area contributed by atoms with Gasteiger partial charge in [-0.2, -0.15) is 4.99 Å². The number of carbonyl (C=O) groups excluding carboxylic acids is 1. The van der Waals surface area contributed by atoms with Crippen LogP contribution in [0.15, 0.2) is 29.3 Å². The van der Waals surface area contributed by atoms with Crippen LogP contribution in [0.5, 0.6) is 0 Å². The molecule has 2 aliphatic heterocycles. The topological polar surface area (TPSA) is 66.8 Å². The highest BCUT2D eigenvalue weighted by Gasteiger charge is 2.49. The molecule has 0 aliphatic carbocycles. The average molecular weight is 381 g/mol. The summed E-state index contributed by atoms with van der Waals surface area (Å²) in [5.74, 6) is 0.569. The summed E-state index contributed by atoms with van der Waals surface area (Å²) < 4.78 is 24.1. The molecule has 25 heavy (non-hydrogen) atoms. The summed E-state index contributed by atoms with van der Waals surface area (Å²) in [6, 6.07) is 7.99. The molecule has 7 heteroatoms. The SMILES string of the molecule is CCCC(=O)N=C1S[C@H]2CS(=O)(=O)C[C@@H]2N1c1ccc(C(C)C)cc1. The van der Waals surface area contributed by atoms with Gasteiger partial charge in [0.25, 0.3) is 0 Å². The van der Waals surface area contributed by atoms with Crippen molar-refractivity contribution in [2.45, 2.75) is 50.8 Å². The number of thioether (sulfide) groups is 1. The van der Waals surface area contributed by atoms with Gasteiger partial charge in [0.15, 0.2) is 15.0 Å². The van der Waals surface area contributed by atoms with Crippen LogP contribution in [-0.4, -0.2) is 42.3 Å². The lowest BCUT2D eigenvalue weighted by Crippen LogP contribution is -2.37. The van der Waals surface area contributed by atoms with E-state index in [0.29, 0.717) is 17.5 Å². The van der Waals surface area contributed by atoms with Crippen molar-refractivity contribution >= 4 is 38.4 Å². The Hall–Kier alpha value is -1.34. The summed E-state index contributed by atoms with van der Waals surface area (Å²) >= 11 is 1.43. The Balaban J connectivity index is 1.96. The number of aliphatic imine (C=N–C) groups is 1. The van der Waals surface area contributed by atoms with Crippen molar-refractivity contribution in [2.75, 3.05) is 16.4 Å². The maximum absolute atomic E-state index is 12.0. The van der Waals surface area contributed by atoms with E-state index in [1.807, 2.05) is 24.0 Å². The second-order valence-corrected chi connectivity index (χ2v) is 10.3. The van der Waals surface area contributed by atoms with Gasteiger partial charge in [-0.3, -0.25) is 4.79 Å². The van der Waals surface area contributed by atoms with Gasteiger partial charge < -0.3 is 4.90 Å². The number of amides is 1. The van der Waals surface area contributed by atoms with E-state index < -0.39 is 9.84 Å². The van der Waals surface area contributed by atoms with Gasteiger partial charge in [0.05, 0.1) is 17.5 Å². The third-order valence-corrected chi connectivity index (χ3v) is 7.80. The molecule has 3 rings (SSSR count). The summed E-state index contributed by atoms with van der Waals surface area (Å²) in [7, 11) is -3.03. The van der Waals surface area contributed by atoms with Crippen LogP contribution >= 0.6 is 11.8 Å². The van der Waals surface area contributed by atoms with Crippen molar-refractivity contribution in [1.82, 2.24) is 0 Å². The van der Waals surface area contributed by atoms with Crippen molar-refractivity contribution in [3.63, 3.8) is 0 Å². The molecule has 0 aromatic heterocycles. The van der Waals surface area contributed by atoms with Gasteiger partial charge in [0, 0.05) is 17.4 Å². The van der Waals surface area contributed by atoms with Gasteiger partial charge in [-0.25, -0.2) is 8.42 Å². The largest absolute Gasteiger partial charge is 0.316 e. The van der Waals surface area contributed by atoms with E-state index in [2.05, 4.69) is 31.0 Å². The molecule has 0 radical (unpaired) electrons. The number of sulfone groups is 1. The van der Waals surface area contributed by atoms with Crippen LogP contribution < -0.4 is 4.90 Å². The molecular weight excluding hydrogens is 356 g/mol. The summed E-state index contributed by atoms with van der Waals surface area (Å²) in [6.07, 6.45) is 1.17. The molecule has 2 heterocycles. The van der Waals surface area contributed by atoms with Crippen LogP contribution in [-0.2, 0) is 14.6 Å². The Labute approximate surface area is 153 Å². The van der Waals surface area contributed by atoms with E-state index in [9.17, 15) is 13.2 Å². The second-order valence-electron chi connectivity index (χ2n) is 6.95. The molecule has 0 saturated carbocycles. The first kappa shape index (κ1) is 18.5. The zero-order valence-electron chi connectivity index (χ0n) is 14.8. The van der Waals surface area contributed by atoms with Crippen LogP contribution in [0.3, 0.4) is 0 Å². The second kappa shape index (κ2) is 7.11. The molecule has 0 N–H and O–H groups in total. The first-order valence-corrected chi connectivity index (χ1v) is 11.4. The van der Waals surface area contributed by atoms with Crippen molar-refractivity contribution < 1.29 is 13.2 Å². The quantitative estimate of drug-likeness (QED) is 0.802. The van der Waals surface area contributed by atoms with Crippen LogP contribution in [0.25, 0.3) is 0 Å². The maximum Gasteiger partial charge on any atom is 0.248 e. The monoisotopic (exact) mass is 380 g/mol. The number of anilines is 1. The fraction of sp³-hybridized carbons (Fsp3) is 0.556. The molecule has 1 aromatic rings. The highest BCUT2D eigenvalue weighted by Crippen LogP contribution is 2.41. The van der Waals surface area contributed by atoms with Gasteiger partial charge in [0.2, 0.25) is 5.91 Å². The minimum atomic E-state index is -3.03. The van der Waals surface area contributed by atoms with Crippen LogP contribution in [0.4, 0.5) is 5.69 Å². The first-order valence-electron chi connectivity index (χ1n) is 8.68. The number of fused-ring (bicyclic) bond motifs is 1. The van der Waals surface area contributed by atoms with Crippen LogP contribution in [0, 0.1) is 0 Å². The van der Waals surface area contributed by atoms with E-state index in [1.165, 1.54) is 17.3 Å². The summed E-state index contributed by atoms with van der Waals surface area (Å²) in [5.41, 5.74) is 2.14. The Kier molecular flexibility index (Phi) is 5.25. The smallest absolute Gasteiger partial charge is 0.248 e. The number of hydrogen-bond acceptors (Lipinski definition) is 4. The zero-order chi connectivity index (χ0) is 18.2. The molecule has 0 unspecified atom stereocenters. The van der Waals surface area contributed by atoms with Crippen molar-refractivity contribution in [2.24, 2.45) is 4.99 Å². The highest BCUT2D eigenvalue weighted by atomic mass is 32.2. The predicted molar refractivity (Wildman–Crippen MR) is 104 cm³/mol. The number of nitrogens with zero attached hydrogens (tertiary/aromatic N) is 2. The number of benzene rings is 1. The van der Waals surface area contributed by atoms with Gasteiger partial charge >= 0.3 is 0 Å². The number of carbonyl (C=O) groups is 1. The minimum Gasteiger partial charge on any atom is -0.316 e. The van der Waals surface area contributed by atoms with Crippen molar-refractivity contribution in [3.05, 3.63) is 29.8 Å². The van der Waals surface area contributed by atoms with Crippen LogP contribution in [0.1, 0.15) is 45.1 Å². The molecule has 136 valence electrons. The number of hydrogen-bond donors (Lipinski definition) is 0. The molecule has 1 aromatic carbocycles. The number of rotatable bonds is 4. The van der Waals surface area contributed by atoms with E-state index in [4.69, 9.17) is 0 Å². The molecule has 2 fully saturated rings. The zero-order valence-corrected chi connectivity index (χ0v) is 16.4. The van der Waals surface area contributed by atoms with Crippen molar-refractivity contribution in [1.29, 1.82) is 0 Å². The Morgan fingerprint density at radius 3 is 2.56 bits per heavy atom. The molecule has 1 amide bonds. The highest BCUT2D eigenvalue weighted by molar-refractivity contribution is 8.16. The third kappa shape index (κ3) is 3.92. The lowest BCUT2D eigenvalue weighted by molar-refractivity contribution is -0.117. The molecule has 2 saturated heterocycles. The Morgan fingerprint density at radius 1 is 1.28 bits per heavy atom. The van der Waals surface area contributed by atoms with E-state index >= 15 is 0 Å². The average Bonchev–Trinajstić information content (AvgIpc) is 2.98. The molecular formula is C18H24N2O3S2.